The summed E-state index contributed by atoms with van der Waals surface area (Å²) in [5, 5.41) is 23.0. The van der Waals surface area contributed by atoms with Crippen LogP contribution >= 0.6 is 0 Å². The lowest BCUT2D eigenvalue weighted by atomic mass is 9.81. The number of rotatable bonds is 26. The van der Waals surface area contributed by atoms with E-state index in [1.807, 2.05) is 47.9 Å². The summed E-state index contributed by atoms with van der Waals surface area (Å²) in [6.45, 7) is 21.9. The van der Waals surface area contributed by atoms with Gasteiger partial charge in [0.1, 0.15) is 16.9 Å². The topological polar surface area (TPSA) is 272 Å². The predicted molar refractivity (Wildman–Crippen MR) is 553 cm³/mol. The lowest BCUT2D eigenvalue weighted by Gasteiger charge is -2.32. The zero-order chi connectivity index (χ0) is 91.3. The Morgan fingerprint density at radius 3 is 0.861 bits per heavy atom. The van der Waals surface area contributed by atoms with Crippen LogP contribution in [0.1, 0.15) is 178 Å². The van der Waals surface area contributed by atoms with E-state index in [0.717, 1.165) is 252 Å². The minimum absolute atomic E-state index is 0. The number of H-pyrrole nitrogens is 3. The van der Waals surface area contributed by atoms with E-state index in [0.29, 0.717) is 35.4 Å². The second kappa shape index (κ2) is 48.4. The molecule has 137 heavy (non-hydrogen) atoms. The Balaban J connectivity index is 0.000000145. The monoisotopic (exact) mass is 1890 g/mol. The number of aromatic amines is 3. The fourth-order valence-corrected chi connectivity index (χ4v) is 22.7. The number of pyridine rings is 4. The van der Waals surface area contributed by atoms with Gasteiger partial charge < -0.3 is 53.5 Å². The van der Waals surface area contributed by atoms with Crippen molar-refractivity contribution in [3.8, 4) is 44.5 Å². The predicted octanol–water partition coefficient (Wildman–Crippen LogP) is 16.6. The Labute approximate surface area is 813 Å². The maximum atomic E-state index is 13.7. The molecule has 16 heterocycles. The molecule has 1 aromatic carbocycles. The first-order chi connectivity index (χ1) is 64.9. The van der Waals surface area contributed by atoms with Crippen molar-refractivity contribution >= 4 is 54.2 Å². The fraction of sp³-hybridized carbons (Fsp3) is 0.566. The molecule has 21 rings (SSSR count). The molecule has 8 fully saturated rings. The van der Waals surface area contributed by atoms with Gasteiger partial charge in [-0.25, -0.2) is 32.3 Å². The number of aromatic nitrogens is 16. The first-order valence-corrected chi connectivity index (χ1v) is 50.6. The molecular weight excluding hydrogens is 1740 g/mol. The highest BCUT2D eigenvalue weighted by Gasteiger charge is 2.32. The summed E-state index contributed by atoms with van der Waals surface area (Å²) in [6, 6.07) is 20.6. The van der Waals surface area contributed by atoms with Crippen molar-refractivity contribution in [1.82, 2.24) is 117 Å². The third-order valence-corrected chi connectivity index (χ3v) is 31.6. The summed E-state index contributed by atoms with van der Waals surface area (Å²) in [7, 11) is 13.7. The number of hydrogen-bond acceptors (Lipinski definition) is 22. The normalized spacial score (nSPS) is 21.8. The summed E-state index contributed by atoms with van der Waals surface area (Å²) in [5.41, 5.74) is 17.4. The fourth-order valence-electron chi connectivity index (χ4n) is 21.4. The smallest absolute Gasteiger partial charge is 0.269 e. The number of fused-ring (bicyclic) bond motifs is 4. The Morgan fingerprint density at radius 2 is 0.584 bits per heavy atom. The average molecular weight is 1890 g/mol. The van der Waals surface area contributed by atoms with Crippen molar-refractivity contribution in [1.29, 1.82) is 0 Å². The second-order valence-electron chi connectivity index (χ2n) is 39.1. The van der Waals surface area contributed by atoms with Gasteiger partial charge in [0.2, 0.25) is 0 Å². The largest absolute Gasteiger partial charge is 0.379 e. The van der Waals surface area contributed by atoms with Crippen LogP contribution in [0.5, 0.6) is 0 Å². The molecule has 0 atom stereocenters. The maximum absolute atomic E-state index is 13.7. The molecular formula is C106H156N24O6S. The summed E-state index contributed by atoms with van der Waals surface area (Å²) < 4.78 is 58.7. The van der Waals surface area contributed by atoms with Gasteiger partial charge in [-0.3, -0.25) is 38.3 Å². The van der Waals surface area contributed by atoms with Gasteiger partial charge in [-0.1, -0.05) is 47.9 Å². The average Bonchev–Trinajstić information content (AvgIpc) is 1.57. The molecule has 8 aliphatic rings. The number of morpholine rings is 4. The number of benzene rings is 1. The van der Waals surface area contributed by atoms with Crippen LogP contribution in [0.25, 0.3) is 88.6 Å². The molecule has 0 unspecified atom stereocenters. The highest BCUT2D eigenvalue weighted by molar-refractivity contribution is 7.90. The molecule has 30 nitrogen and oxygen atoms in total. The van der Waals surface area contributed by atoms with Crippen molar-refractivity contribution < 1.29 is 27.4 Å². The van der Waals surface area contributed by atoms with Gasteiger partial charge in [0.15, 0.2) is 5.65 Å². The molecule has 3 N–H and O–H groups in total. The molecule has 4 saturated heterocycles. The van der Waals surface area contributed by atoms with Crippen LogP contribution in [-0.4, -0.2) is 338 Å². The lowest BCUT2D eigenvalue weighted by Crippen LogP contribution is -2.38. The summed E-state index contributed by atoms with van der Waals surface area (Å²) in [5.74, 6) is 2.28. The highest BCUT2D eigenvalue weighted by Crippen LogP contribution is 2.43. The quantitative estimate of drug-likeness (QED) is 0.0454. The molecule has 12 aromatic heterocycles. The third kappa shape index (κ3) is 25.4. The first-order valence-electron chi connectivity index (χ1n) is 49.1. The van der Waals surface area contributed by atoms with Crippen molar-refractivity contribution in [3.05, 3.63) is 176 Å². The van der Waals surface area contributed by atoms with E-state index in [4.69, 9.17) is 38.9 Å². The van der Waals surface area contributed by atoms with Gasteiger partial charge in [0.05, 0.1) is 109 Å². The van der Waals surface area contributed by atoms with E-state index in [1.165, 1.54) is 136 Å². The molecule has 4 aliphatic heterocycles. The Morgan fingerprint density at radius 1 is 0.321 bits per heavy atom. The van der Waals surface area contributed by atoms with Crippen LogP contribution in [-0.2, 0) is 55.1 Å². The lowest BCUT2D eigenvalue weighted by molar-refractivity contribution is 0.0359. The van der Waals surface area contributed by atoms with Gasteiger partial charge in [-0.15, -0.1) is 0 Å². The molecule has 4 saturated carbocycles. The molecule has 0 spiro atoms. The van der Waals surface area contributed by atoms with Gasteiger partial charge in [-0.05, 0) is 241 Å². The Hall–Kier alpha value is -9.71. The van der Waals surface area contributed by atoms with Crippen LogP contribution in [0, 0.1) is 0 Å². The Bertz CT molecular complexity index is 5580. The summed E-state index contributed by atoms with van der Waals surface area (Å²) in [4.78, 5) is 48.5. The maximum Gasteiger partial charge on any atom is 0.269 e. The molecule has 742 valence electrons. The van der Waals surface area contributed by atoms with Gasteiger partial charge in [-0.2, -0.15) is 20.4 Å². The zero-order valence-corrected chi connectivity index (χ0v) is 80.4. The van der Waals surface area contributed by atoms with Crippen LogP contribution in [0.15, 0.2) is 159 Å². The van der Waals surface area contributed by atoms with Crippen molar-refractivity contribution in [2.45, 2.75) is 211 Å². The van der Waals surface area contributed by atoms with Crippen LogP contribution < -0.4 is 0 Å². The van der Waals surface area contributed by atoms with Crippen molar-refractivity contribution in [2.75, 3.05) is 188 Å². The summed E-state index contributed by atoms with van der Waals surface area (Å²) in [6.07, 6.45) is 52.0. The standard InChI is InChI=1S/C30H38N6O3S.3C24H34N6O.4CH4/c1-33(2)26-10-8-23(9-11-26)24-18-28-29(25-20-32-35(21-25)13-12-34-14-16-39-17-15-34)22-36(30(28)31-19-24)40(37,38)27-6-4-3-5-7-27;3*1-28(2)21-5-3-18(4-6-21)19-13-22-23(16-26-24(22)25-14-19)20-15-27-30(17-20)8-7-29-9-11-31-12-10-29;;;;/h3-7,18-23,26H,8-17H2,1-2H3;3*13-18,21H,3-12H2,1-2H3,(H,25,26);4*1H4. The van der Waals surface area contributed by atoms with Crippen LogP contribution in [0.4, 0.5) is 0 Å². The van der Waals surface area contributed by atoms with Crippen molar-refractivity contribution in [2.24, 2.45) is 0 Å². The van der Waals surface area contributed by atoms with Crippen LogP contribution in [0.3, 0.4) is 0 Å². The molecule has 4 aliphatic carbocycles. The molecule has 0 amide bonds. The first kappa shape index (κ1) is 103. The second-order valence-corrected chi connectivity index (χ2v) is 40.9. The van der Waals surface area contributed by atoms with E-state index >= 15 is 0 Å². The van der Waals surface area contributed by atoms with Crippen LogP contribution in [0.2, 0.25) is 0 Å². The molecule has 0 bridgehead atoms. The number of nitrogens with zero attached hydrogens (tertiary/aromatic N) is 21. The van der Waals surface area contributed by atoms with E-state index in [9.17, 15) is 8.42 Å². The van der Waals surface area contributed by atoms with E-state index in [-0.39, 0.29) is 34.6 Å². The van der Waals surface area contributed by atoms with Gasteiger partial charge in [0.25, 0.3) is 10.0 Å². The minimum Gasteiger partial charge on any atom is -0.379 e. The number of ether oxygens (including phenoxy) is 4. The molecule has 0 radical (unpaired) electrons. The van der Waals surface area contributed by atoms with Gasteiger partial charge >= 0.3 is 0 Å². The summed E-state index contributed by atoms with van der Waals surface area (Å²) >= 11 is 0. The minimum atomic E-state index is -3.82. The number of nitrogens with one attached hydrogen (secondary N) is 3. The SMILES string of the molecule is C.C.C.C.CN(C)C1CCC(c2cnc3[nH]cc(-c4cnn(CCN5CCOCC5)c4)c3c2)CC1.CN(C)C1CCC(c2cnc3[nH]cc(-c4cnn(CCN5CCOCC5)c4)c3c2)CC1.CN(C)C1CCC(c2cnc3[nH]cc(-c4cnn(CCN5CCOCC5)c4)c3c2)CC1.CN(C)C1CCC(c2cnc3c(c2)c(-c2cnn(CCN4CCOCC4)c2)cn3S(=O)(=O)c2ccccc2)CC1. The highest BCUT2D eigenvalue weighted by atomic mass is 32.2. The van der Waals surface area contributed by atoms with Gasteiger partial charge in [0, 0.05) is 243 Å². The zero-order valence-electron chi connectivity index (χ0n) is 79.6. The Kier molecular flexibility index (Phi) is 36.5. The van der Waals surface area contributed by atoms with E-state index in [1.54, 1.807) is 30.5 Å². The third-order valence-electron chi connectivity index (χ3n) is 30.0. The van der Waals surface area contributed by atoms with E-state index < -0.39 is 10.0 Å². The van der Waals surface area contributed by atoms with E-state index in [2.05, 4.69) is 225 Å². The number of hydrogen-bond donors (Lipinski definition) is 3. The van der Waals surface area contributed by atoms with Crippen molar-refractivity contribution in [3.63, 3.8) is 0 Å². The molecule has 31 heteroatoms. The molecule has 13 aromatic rings.